The normalized spacial score (nSPS) is 11.6. The summed E-state index contributed by atoms with van der Waals surface area (Å²) in [6.45, 7) is 0.943. The second kappa shape index (κ2) is 6.88. The van der Waals surface area contributed by atoms with E-state index in [2.05, 4.69) is 5.10 Å². The minimum atomic E-state index is -4.43. The summed E-state index contributed by atoms with van der Waals surface area (Å²) in [6.07, 6.45) is -3.14. The molecule has 0 fully saturated rings. The van der Waals surface area contributed by atoms with Gasteiger partial charge in [-0.3, -0.25) is 0 Å². The molecule has 24 heavy (non-hydrogen) atoms. The van der Waals surface area contributed by atoms with Crippen molar-refractivity contribution in [2.75, 3.05) is 0 Å². The van der Waals surface area contributed by atoms with Crippen molar-refractivity contribution >= 4 is 0 Å². The molecule has 3 aromatic rings. The van der Waals surface area contributed by atoms with Crippen molar-refractivity contribution in [2.24, 2.45) is 0 Å². The molecule has 0 amide bonds. The van der Waals surface area contributed by atoms with Gasteiger partial charge in [0, 0.05) is 6.20 Å². The molecule has 0 unspecified atom stereocenters. The van der Waals surface area contributed by atoms with E-state index in [1.807, 2.05) is 42.5 Å². The van der Waals surface area contributed by atoms with Crippen molar-refractivity contribution in [3.05, 3.63) is 83.7 Å². The van der Waals surface area contributed by atoms with Crippen LogP contribution in [-0.2, 0) is 24.1 Å². The van der Waals surface area contributed by atoms with Crippen LogP contribution in [0.15, 0.2) is 66.9 Å². The third-order valence-electron chi connectivity index (χ3n) is 3.46. The lowest BCUT2D eigenvalue weighted by Crippen LogP contribution is -2.07. The third kappa shape index (κ3) is 4.02. The highest BCUT2D eigenvalue weighted by molar-refractivity contribution is 5.34. The maximum Gasteiger partial charge on any atom is 0.435 e. The second-order valence-corrected chi connectivity index (χ2v) is 5.29. The maximum absolute atomic E-state index is 12.6. The molecule has 6 heteroatoms. The van der Waals surface area contributed by atoms with Crippen molar-refractivity contribution in [2.45, 2.75) is 19.4 Å². The van der Waals surface area contributed by atoms with E-state index in [0.717, 1.165) is 17.2 Å². The van der Waals surface area contributed by atoms with Gasteiger partial charge in [0.1, 0.15) is 0 Å². The molecule has 0 bridgehead atoms. The molecule has 1 heterocycles. The van der Waals surface area contributed by atoms with Gasteiger partial charge in [0.2, 0.25) is 0 Å². The highest BCUT2D eigenvalue weighted by atomic mass is 19.4. The Morgan fingerprint density at radius 1 is 0.833 bits per heavy atom. The number of rotatable bonds is 5. The molecule has 0 aliphatic heterocycles. The van der Waals surface area contributed by atoms with Crippen LogP contribution in [0.2, 0.25) is 0 Å². The van der Waals surface area contributed by atoms with Crippen LogP contribution in [0.4, 0.5) is 13.2 Å². The van der Waals surface area contributed by atoms with Gasteiger partial charge in [-0.2, -0.15) is 18.3 Å². The van der Waals surface area contributed by atoms with Crippen LogP contribution in [0.5, 0.6) is 0 Å². The van der Waals surface area contributed by atoms with E-state index in [1.165, 1.54) is 10.9 Å². The molecular weight excluding hydrogens is 317 g/mol. The lowest BCUT2D eigenvalue weighted by molar-refractivity contribution is -0.141. The Hall–Kier alpha value is -2.60. The van der Waals surface area contributed by atoms with Gasteiger partial charge in [-0.05, 0) is 29.3 Å². The molecule has 0 saturated carbocycles. The summed E-state index contributed by atoms with van der Waals surface area (Å²) in [4.78, 5) is 0. The molecule has 0 aliphatic carbocycles. The van der Waals surface area contributed by atoms with Crippen molar-refractivity contribution in [3.8, 4) is 5.69 Å². The van der Waals surface area contributed by atoms with E-state index in [0.29, 0.717) is 18.9 Å². The minimum Gasteiger partial charge on any atom is -0.372 e. The zero-order valence-corrected chi connectivity index (χ0v) is 12.7. The van der Waals surface area contributed by atoms with E-state index < -0.39 is 11.9 Å². The van der Waals surface area contributed by atoms with Crippen molar-refractivity contribution in [3.63, 3.8) is 0 Å². The van der Waals surface area contributed by atoms with Gasteiger partial charge in [-0.1, -0.05) is 42.5 Å². The number of alkyl halides is 3. The summed E-state index contributed by atoms with van der Waals surface area (Å²) in [5, 5.41) is 3.54. The van der Waals surface area contributed by atoms with Gasteiger partial charge in [0.25, 0.3) is 0 Å². The molecular formula is C18H15F3N2O. The molecule has 1 aromatic heterocycles. The zero-order valence-electron chi connectivity index (χ0n) is 12.7. The summed E-state index contributed by atoms with van der Waals surface area (Å²) in [5.41, 5.74) is 1.69. The SMILES string of the molecule is FC(F)(F)c1ccn(-c2ccc(COCc3ccccc3)cc2)n1. The van der Waals surface area contributed by atoms with E-state index in [1.54, 1.807) is 12.1 Å². The van der Waals surface area contributed by atoms with Crippen LogP contribution < -0.4 is 0 Å². The monoisotopic (exact) mass is 332 g/mol. The third-order valence-corrected chi connectivity index (χ3v) is 3.46. The number of hydrogen-bond acceptors (Lipinski definition) is 2. The Balaban J connectivity index is 1.60. The molecule has 0 N–H and O–H groups in total. The number of ether oxygens (including phenoxy) is 1. The summed E-state index contributed by atoms with van der Waals surface area (Å²) in [5.74, 6) is 0. The highest BCUT2D eigenvalue weighted by Crippen LogP contribution is 2.27. The second-order valence-electron chi connectivity index (χ2n) is 5.29. The number of nitrogens with zero attached hydrogens (tertiary/aromatic N) is 2. The average Bonchev–Trinajstić information content (AvgIpc) is 3.07. The first kappa shape index (κ1) is 16.3. The maximum atomic E-state index is 12.6. The molecule has 0 saturated heterocycles. The van der Waals surface area contributed by atoms with Crippen molar-refractivity contribution in [1.29, 1.82) is 0 Å². The summed E-state index contributed by atoms with van der Waals surface area (Å²) < 4.78 is 44.5. The fraction of sp³-hybridized carbons (Fsp3) is 0.167. The summed E-state index contributed by atoms with van der Waals surface area (Å²) in [7, 11) is 0. The molecule has 0 atom stereocenters. The first-order chi connectivity index (χ1) is 11.5. The number of halogens is 3. The number of aromatic nitrogens is 2. The van der Waals surface area contributed by atoms with Gasteiger partial charge in [-0.25, -0.2) is 4.68 Å². The van der Waals surface area contributed by atoms with Gasteiger partial charge >= 0.3 is 6.18 Å². The predicted molar refractivity (Wildman–Crippen MR) is 83.5 cm³/mol. The fourth-order valence-corrected chi connectivity index (χ4v) is 2.22. The Kier molecular flexibility index (Phi) is 4.66. The van der Waals surface area contributed by atoms with Gasteiger partial charge in [-0.15, -0.1) is 0 Å². The van der Waals surface area contributed by atoms with Crippen molar-refractivity contribution < 1.29 is 17.9 Å². The first-order valence-corrected chi connectivity index (χ1v) is 7.36. The van der Waals surface area contributed by atoms with E-state index in [-0.39, 0.29) is 0 Å². The van der Waals surface area contributed by atoms with E-state index in [9.17, 15) is 13.2 Å². The number of hydrogen-bond donors (Lipinski definition) is 0. The van der Waals surface area contributed by atoms with Crippen LogP contribution in [-0.4, -0.2) is 9.78 Å². The van der Waals surface area contributed by atoms with Gasteiger partial charge in [0.15, 0.2) is 5.69 Å². The molecule has 3 nitrogen and oxygen atoms in total. The fourth-order valence-electron chi connectivity index (χ4n) is 2.22. The average molecular weight is 332 g/mol. The largest absolute Gasteiger partial charge is 0.435 e. The predicted octanol–water partition coefficient (Wildman–Crippen LogP) is 4.61. The van der Waals surface area contributed by atoms with Crippen LogP contribution in [0.25, 0.3) is 5.69 Å². The molecule has 124 valence electrons. The number of benzene rings is 2. The molecule has 3 rings (SSSR count). The van der Waals surface area contributed by atoms with Gasteiger partial charge in [0.05, 0.1) is 18.9 Å². The van der Waals surface area contributed by atoms with Crippen LogP contribution in [0.3, 0.4) is 0 Å². The summed E-state index contributed by atoms with van der Waals surface area (Å²) >= 11 is 0. The quantitative estimate of drug-likeness (QED) is 0.682. The standard InChI is InChI=1S/C18H15F3N2O/c19-18(20,21)17-10-11-23(22-17)16-8-6-15(7-9-16)13-24-12-14-4-2-1-3-5-14/h1-11H,12-13H2. The lowest BCUT2D eigenvalue weighted by atomic mass is 10.2. The summed E-state index contributed by atoms with van der Waals surface area (Å²) in [6, 6.07) is 17.8. The first-order valence-electron chi connectivity index (χ1n) is 7.36. The molecule has 0 radical (unpaired) electrons. The zero-order chi connectivity index (χ0) is 17.0. The van der Waals surface area contributed by atoms with Gasteiger partial charge < -0.3 is 4.74 Å². The Bertz CT molecular complexity index is 780. The van der Waals surface area contributed by atoms with Crippen LogP contribution >= 0.6 is 0 Å². The van der Waals surface area contributed by atoms with E-state index in [4.69, 9.17) is 4.74 Å². The Morgan fingerprint density at radius 3 is 2.04 bits per heavy atom. The molecule has 2 aromatic carbocycles. The minimum absolute atomic E-state index is 0.433. The highest BCUT2D eigenvalue weighted by Gasteiger charge is 2.33. The van der Waals surface area contributed by atoms with Crippen LogP contribution in [0, 0.1) is 0 Å². The van der Waals surface area contributed by atoms with Crippen molar-refractivity contribution in [1.82, 2.24) is 9.78 Å². The Morgan fingerprint density at radius 2 is 1.46 bits per heavy atom. The molecule has 0 spiro atoms. The van der Waals surface area contributed by atoms with E-state index >= 15 is 0 Å². The Labute approximate surface area is 137 Å². The smallest absolute Gasteiger partial charge is 0.372 e. The molecule has 0 aliphatic rings. The van der Waals surface area contributed by atoms with Crippen LogP contribution in [0.1, 0.15) is 16.8 Å². The lowest BCUT2D eigenvalue weighted by Gasteiger charge is -2.07. The topological polar surface area (TPSA) is 27.1 Å².